The number of hydrogen-bond acceptors (Lipinski definition) is 2. The minimum atomic E-state index is -0.833. The van der Waals surface area contributed by atoms with Gasteiger partial charge in [0.1, 0.15) is 0 Å². The Bertz CT molecular complexity index is 322. The summed E-state index contributed by atoms with van der Waals surface area (Å²) in [7, 11) is 0. The van der Waals surface area contributed by atoms with Gasteiger partial charge in [0.15, 0.2) is 0 Å². The van der Waals surface area contributed by atoms with E-state index in [9.17, 15) is 5.11 Å². The van der Waals surface area contributed by atoms with Gasteiger partial charge in [-0.15, -0.1) is 0 Å². The molecule has 3 nitrogen and oxygen atoms in total. The lowest BCUT2D eigenvalue weighted by atomic mass is 9.49. The number of aliphatic hydroxyl groups is 1. The molecule has 0 spiro atoms. The second-order valence-electron chi connectivity index (χ2n) is 4.83. The number of rotatable bonds is 0. The number of fused-ring (bicyclic) bond motifs is 1. The summed E-state index contributed by atoms with van der Waals surface area (Å²) in [5, 5.41) is 16.9. The molecule has 15 heavy (non-hydrogen) atoms. The minimum Gasteiger partial charge on any atom is -0.512 e. The van der Waals surface area contributed by atoms with Gasteiger partial charge in [0.2, 0.25) is 0 Å². The molecule has 2 atom stereocenters. The third-order valence-corrected chi connectivity index (χ3v) is 3.41. The summed E-state index contributed by atoms with van der Waals surface area (Å²) >= 11 is 0. The Kier molecular flexibility index (Phi) is 2.93. The number of aliphatic carboxylic acids is 1. The molecule has 0 aromatic carbocycles. The first-order chi connectivity index (χ1) is 6.76. The minimum absolute atomic E-state index is 0.260. The molecule has 0 saturated heterocycles. The van der Waals surface area contributed by atoms with Gasteiger partial charge in [0.25, 0.3) is 5.97 Å². The summed E-state index contributed by atoms with van der Waals surface area (Å²) in [6.45, 7) is 9.44. The number of allylic oxidation sites excluding steroid dienone is 3. The molecule has 3 heteroatoms. The first kappa shape index (κ1) is 11.8. The molecule has 3 aliphatic carbocycles. The van der Waals surface area contributed by atoms with Gasteiger partial charge in [-0.25, -0.2) is 0 Å². The highest BCUT2D eigenvalue weighted by Gasteiger charge is 2.53. The average Bonchev–Trinajstić information content (AvgIpc) is 1.99. The zero-order valence-electron chi connectivity index (χ0n) is 9.45. The molecule has 0 radical (unpaired) electrons. The molecule has 0 aromatic heterocycles. The van der Waals surface area contributed by atoms with Crippen LogP contribution in [-0.2, 0) is 4.79 Å². The lowest BCUT2D eigenvalue weighted by Crippen LogP contribution is -2.48. The molecular weight excluding hydrogens is 192 g/mol. The van der Waals surface area contributed by atoms with Gasteiger partial charge in [0.05, 0.1) is 5.76 Å². The molecule has 0 amide bonds. The quantitative estimate of drug-likeness (QED) is 0.646. The molecule has 1 fully saturated rings. The Morgan fingerprint density at radius 2 is 2.00 bits per heavy atom. The number of hydrogen-bond donors (Lipinski definition) is 2. The zero-order chi connectivity index (χ0) is 11.8. The van der Waals surface area contributed by atoms with E-state index in [0.717, 1.165) is 18.9 Å². The summed E-state index contributed by atoms with van der Waals surface area (Å²) in [6, 6.07) is 0. The molecule has 0 aromatic rings. The molecule has 3 rings (SSSR count). The van der Waals surface area contributed by atoms with Crippen molar-refractivity contribution in [3.63, 3.8) is 0 Å². The van der Waals surface area contributed by atoms with E-state index in [4.69, 9.17) is 9.90 Å². The van der Waals surface area contributed by atoms with Crippen LogP contribution in [0.5, 0.6) is 0 Å². The molecule has 2 N–H and O–H groups in total. The molecule has 1 saturated carbocycles. The van der Waals surface area contributed by atoms with Gasteiger partial charge < -0.3 is 10.2 Å². The standard InChI is InChI=1S/C10H14O.C2H4O2/c1-6-4-9(11)8-5-7(6)10(8,2)3;1-2(3)4/h4,7-8,11H,1,5H2,2-3H3;1H3,(H,3,4)/t7?,8-;/m1./s1. The Labute approximate surface area is 90.1 Å². The van der Waals surface area contributed by atoms with Crippen molar-refractivity contribution < 1.29 is 15.0 Å². The van der Waals surface area contributed by atoms with E-state index in [-0.39, 0.29) is 5.41 Å². The Hall–Kier alpha value is -1.25. The van der Waals surface area contributed by atoms with Crippen LogP contribution in [-0.4, -0.2) is 16.2 Å². The summed E-state index contributed by atoms with van der Waals surface area (Å²) in [5.74, 6) is 0.726. The van der Waals surface area contributed by atoms with Crippen molar-refractivity contribution in [1.82, 2.24) is 0 Å². The van der Waals surface area contributed by atoms with Crippen molar-refractivity contribution in [2.24, 2.45) is 17.3 Å². The highest BCUT2D eigenvalue weighted by molar-refractivity contribution is 5.62. The molecule has 2 bridgehead atoms. The smallest absolute Gasteiger partial charge is 0.300 e. The summed E-state index contributed by atoms with van der Waals surface area (Å²) in [4.78, 5) is 9.00. The second-order valence-corrected chi connectivity index (χ2v) is 4.83. The van der Waals surface area contributed by atoms with Crippen molar-refractivity contribution in [3.8, 4) is 0 Å². The lowest BCUT2D eigenvalue weighted by molar-refractivity contribution is -0.134. The van der Waals surface area contributed by atoms with E-state index >= 15 is 0 Å². The van der Waals surface area contributed by atoms with Gasteiger partial charge in [-0.2, -0.15) is 0 Å². The normalized spacial score (nSPS) is 30.6. The van der Waals surface area contributed by atoms with Gasteiger partial charge in [0, 0.05) is 12.8 Å². The third-order valence-electron chi connectivity index (χ3n) is 3.41. The maximum Gasteiger partial charge on any atom is 0.300 e. The maximum atomic E-state index is 9.52. The maximum absolute atomic E-state index is 9.52. The molecule has 3 aliphatic rings. The monoisotopic (exact) mass is 210 g/mol. The number of carbonyl (C=O) groups is 1. The summed E-state index contributed by atoms with van der Waals surface area (Å²) in [5.41, 5.74) is 1.37. The van der Waals surface area contributed by atoms with E-state index in [1.807, 2.05) is 6.08 Å². The van der Waals surface area contributed by atoms with Crippen LogP contribution in [0.3, 0.4) is 0 Å². The van der Waals surface area contributed by atoms with Gasteiger partial charge in [-0.1, -0.05) is 20.4 Å². The molecule has 84 valence electrons. The second kappa shape index (κ2) is 3.72. The van der Waals surface area contributed by atoms with Crippen LogP contribution in [0.4, 0.5) is 0 Å². The first-order valence-electron chi connectivity index (χ1n) is 5.05. The van der Waals surface area contributed by atoms with Crippen molar-refractivity contribution in [2.45, 2.75) is 27.2 Å². The van der Waals surface area contributed by atoms with Gasteiger partial charge in [-0.05, 0) is 29.4 Å². The van der Waals surface area contributed by atoms with Crippen LogP contribution >= 0.6 is 0 Å². The SMILES string of the molecule is C=C1C=C(O)[C@H]2CC1C2(C)C.CC(=O)O. The van der Waals surface area contributed by atoms with E-state index in [1.165, 1.54) is 0 Å². The Balaban J connectivity index is 0.000000245. The number of carboxylic acid groups (broad SMARTS) is 1. The first-order valence-corrected chi connectivity index (χ1v) is 5.05. The highest BCUT2D eigenvalue weighted by atomic mass is 16.4. The molecule has 0 heterocycles. The van der Waals surface area contributed by atoms with E-state index < -0.39 is 5.97 Å². The largest absolute Gasteiger partial charge is 0.512 e. The fourth-order valence-corrected chi connectivity index (χ4v) is 2.45. The van der Waals surface area contributed by atoms with Crippen molar-refractivity contribution in [2.75, 3.05) is 0 Å². The molecule has 0 aliphatic heterocycles. The highest BCUT2D eigenvalue weighted by Crippen LogP contribution is 2.59. The third kappa shape index (κ3) is 2.06. The van der Waals surface area contributed by atoms with E-state index in [2.05, 4.69) is 20.4 Å². The van der Waals surface area contributed by atoms with Crippen LogP contribution in [0, 0.1) is 17.3 Å². The van der Waals surface area contributed by atoms with Crippen molar-refractivity contribution >= 4 is 5.97 Å². The van der Waals surface area contributed by atoms with Crippen LogP contribution in [0.25, 0.3) is 0 Å². The number of aliphatic hydroxyl groups excluding tert-OH is 1. The topological polar surface area (TPSA) is 57.5 Å². The molecule has 1 unspecified atom stereocenters. The average molecular weight is 210 g/mol. The van der Waals surface area contributed by atoms with Crippen LogP contribution in [0.15, 0.2) is 24.0 Å². The predicted octanol–water partition coefficient (Wildman–Crippen LogP) is 2.75. The van der Waals surface area contributed by atoms with E-state index in [1.54, 1.807) is 0 Å². The lowest BCUT2D eigenvalue weighted by Gasteiger charge is -2.55. The fraction of sp³-hybridized carbons (Fsp3) is 0.583. The van der Waals surface area contributed by atoms with Crippen molar-refractivity contribution in [1.29, 1.82) is 0 Å². The van der Waals surface area contributed by atoms with Gasteiger partial charge in [-0.3, -0.25) is 4.79 Å². The Morgan fingerprint density at radius 1 is 1.53 bits per heavy atom. The Morgan fingerprint density at radius 3 is 2.27 bits per heavy atom. The number of carboxylic acids is 1. The van der Waals surface area contributed by atoms with Crippen LogP contribution < -0.4 is 0 Å². The summed E-state index contributed by atoms with van der Waals surface area (Å²) < 4.78 is 0. The van der Waals surface area contributed by atoms with Crippen LogP contribution in [0.1, 0.15) is 27.2 Å². The van der Waals surface area contributed by atoms with E-state index in [0.29, 0.717) is 17.6 Å². The molecular formula is C12H18O3. The van der Waals surface area contributed by atoms with Crippen molar-refractivity contribution in [3.05, 3.63) is 24.0 Å². The fourth-order valence-electron chi connectivity index (χ4n) is 2.45. The van der Waals surface area contributed by atoms with Crippen LogP contribution in [0.2, 0.25) is 0 Å². The van der Waals surface area contributed by atoms with Gasteiger partial charge >= 0.3 is 0 Å². The summed E-state index contributed by atoms with van der Waals surface area (Å²) in [6.07, 6.45) is 2.94. The predicted molar refractivity (Wildman–Crippen MR) is 58.5 cm³/mol. The zero-order valence-corrected chi connectivity index (χ0v) is 9.45.